The number of nitrogens with two attached hydrogens (primary N) is 1. The Bertz CT molecular complexity index is 1220. The zero-order chi connectivity index (χ0) is 25.6. The van der Waals surface area contributed by atoms with E-state index in [0.717, 1.165) is 22.8 Å². The summed E-state index contributed by atoms with van der Waals surface area (Å²) in [6, 6.07) is 20.7. The maximum absolute atomic E-state index is 13.8. The number of aliphatic hydroxyl groups is 1. The number of ether oxygens (including phenoxy) is 1. The van der Waals surface area contributed by atoms with E-state index in [9.17, 15) is 28.3 Å². The van der Waals surface area contributed by atoms with Crippen molar-refractivity contribution in [2.75, 3.05) is 18.5 Å². The average molecular weight is 483 g/mol. The van der Waals surface area contributed by atoms with Crippen LogP contribution in [0.1, 0.15) is 23.6 Å². The number of hydrogen-bond acceptors (Lipinski definition) is 5. The number of carbonyl (C=O) groups is 1. The molecule has 9 heteroatoms. The smallest absolute Gasteiger partial charge is 0.420 e. The van der Waals surface area contributed by atoms with Crippen molar-refractivity contribution in [1.29, 1.82) is 5.26 Å². The van der Waals surface area contributed by atoms with E-state index in [1.165, 1.54) is 6.92 Å². The Morgan fingerprint density at radius 2 is 1.71 bits per heavy atom. The summed E-state index contributed by atoms with van der Waals surface area (Å²) in [5.41, 5.74) is 4.94. The van der Waals surface area contributed by atoms with Crippen molar-refractivity contribution in [3.8, 4) is 22.9 Å². The lowest BCUT2D eigenvalue weighted by Crippen LogP contribution is -2.51. The van der Waals surface area contributed by atoms with Crippen molar-refractivity contribution in [3.05, 3.63) is 83.4 Å². The molecule has 0 unspecified atom stereocenters. The first-order valence-corrected chi connectivity index (χ1v) is 10.7. The molecule has 0 heterocycles. The molecule has 0 aliphatic carbocycles. The van der Waals surface area contributed by atoms with Crippen molar-refractivity contribution >= 4 is 11.6 Å². The van der Waals surface area contributed by atoms with Crippen molar-refractivity contribution in [1.82, 2.24) is 0 Å². The standard InChI is InChI=1S/C26H24F3N3O3/c1-25(31,16-33)24(34)32-21-13-20(15-30)23(22(14-21)26(27,28)29)35-12-11-17-7-9-19(10-8-17)18-5-3-2-4-6-18/h2-10,13-14,33H,11-12,16,31H2,1H3,(H,32,34)/t25-/m0/s1. The molecule has 4 N–H and O–H groups in total. The van der Waals surface area contributed by atoms with Gasteiger partial charge in [0.1, 0.15) is 22.9 Å². The topological polar surface area (TPSA) is 108 Å². The van der Waals surface area contributed by atoms with Gasteiger partial charge in [-0.2, -0.15) is 18.4 Å². The molecule has 0 spiro atoms. The normalized spacial score (nSPS) is 12.9. The van der Waals surface area contributed by atoms with Gasteiger partial charge in [-0.15, -0.1) is 0 Å². The van der Waals surface area contributed by atoms with Crippen LogP contribution in [-0.4, -0.2) is 29.8 Å². The largest absolute Gasteiger partial charge is 0.491 e. The summed E-state index contributed by atoms with van der Waals surface area (Å²) in [6.45, 7) is 0.408. The Morgan fingerprint density at radius 3 is 2.29 bits per heavy atom. The minimum Gasteiger partial charge on any atom is -0.491 e. The number of hydrogen-bond donors (Lipinski definition) is 3. The molecule has 3 aromatic rings. The van der Waals surface area contributed by atoms with Gasteiger partial charge in [0, 0.05) is 12.1 Å². The summed E-state index contributed by atoms with van der Waals surface area (Å²) >= 11 is 0. The summed E-state index contributed by atoms with van der Waals surface area (Å²) < 4.78 is 46.7. The van der Waals surface area contributed by atoms with Gasteiger partial charge in [-0.3, -0.25) is 4.79 Å². The number of benzene rings is 3. The summed E-state index contributed by atoms with van der Waals surface area (Å²) in [4.78, 5) is 12.2. The molecule has 182 valence electrons. The predicted octanol–water partition coefficient (Wildman–Crippen LogP) is 4.51. The summed E-state index contributed by atoms with van der Waals surface area (Å²) in [5.74, 6) is -1.51. The third kappa shape index (κ3) is 6.38. The van der Waals surface area contributed by atoms with E-state index >= 15 is 0 Å². The second kappa shape index (κ2) is 10.6. The number of nitrogens with one attached hydrogen (secondary N) is 1. The minimum absolute atomic E-state index is 0.0977. The van der Waals surface area contributed by atoms with Gasteiger partial charge < -0.3 is 20.9 Å². The van der Waals surface area contributed by atoms with Crippen molar-refractivity contribution in [2.45, 2.75) is 25.1 Å². The lowest BCUT2D eigenvalue weighted by Gasteiger charge is -2.22. The zero-order valence-electron chi connectivity index (χ0n) is 18.9. The van der Waals surface area contributed by atoms with E-state index in [-0.39, 0.29) is 12.3 Å². The molecule has 0 fully saturated rings. The SMILES string of the molecule is C[C@](N)(CO)C(=O)Nc1cc(C#N)c(OCCc2ccc(-c3ccccc3)cc2)c(C(F)(F)F)c1. The van der Waals surface area contributed by atoms with Crippen LogP contribution in [0, 0.1) is 11.3 Å². The molecule has 1 amide bonds. The maximum atomic E-state index is 13.8. The second-order valence-electron chi connectivity index (χ2n) is 8.20. The number of anilines is 1. The first-order chi connectivity index (χ1) is 16.5. The van der Waals surface area contributed by atoms with E-state index < -0.39 is 41.1 Å². The van der Waals surface area contributed by atoms with Crippen molar-refractivity contribution in [2.24, 2.45) is 5.73 Å². The number of halogens is 3. The highest BCUT2D eigenvalue weighted by atomic mass is 19.4. The highest BCUT2D eigenvalue weighted by Crippen LogP contribution is 2.40. The quantitative estimate of drug-likeness (QED) is 0.437. The Labute approximate surface area is 200 Å². The monoisotopic (exact) mass is 483 g/mol. The van der Waals surface area contributed by atoms with Crippen LogP contribution in [0.2, 0.25) is 0 Å². The van der Waals surface area contributed by atoms with Gasteiger partial charge in [0.2, 0.25) is 5.91 Å². The molecule has 0 radical (unpaired) electrons. The average Bonchev–Trinajstić information content (AvgIpc) is 2.84. The number of aliphatic hydroxyl groups excluding tert-OH is 1. The zero-order valence-corrected chi connectivity index (χ0v) is 18.9. The molecule has 3 aromatic carbocycles. The fraction of sp³-hybridized carbons (Fsp3) is 0.231. The van der Waals surface area contributed by atoms with Gasteiger partial charge in [-0.05, 0) is 35.7 Å². The lowest BCUT2D eigenvalue weighted by atomic mass is 10.0. The molecule has 1 atom stereocenters. The fourth-order valence-electron chi connectivity index (χ4n) is 3.26. The number of alkyl halides is 3. The molecule has 35 heavy (non-hydrogen) atoms. The molecule has 0 bridgehead atoms. The highest BCUT2D eigenvalue weighted by molar-refractivity contribution is 5.98. The number of carbonyl (C=O) groups excluding carboxylic acids is 1. The van der Waals surface area contributed by atoms with E-state index in [4.69, 9.17) is 10.5 Å². The number of nitrogens with zero attached hydrogens (tertiary/aromatic N) is 1. The van der Waals surface area contributed by atoms with Gasteiger partial charge in [-0.25, -0.2) is 0 Å². The van der Waals surface area contributed by atoms with Crippen molar-refractivity contribution in [3.63, 3.8) is 0 Å². The van der Waals surface area contributed by atoms with Crippen LogP contribution in [0.4, 0.5) is 18.9 Å². The molecule has 0 saturated carbocycles. The minimum atomic E-state index is -4.85. The van der Waals surface area contributed by atoms with E-state index in [2.05, 4.69) is 5.32 Å². The van der Waals surface area contributed by atoms with Gasteiger partial charge in [0.15, 0.2) is 0 Å². The lowest BCUT2D eigenvalue weighted by molar-refractivity contribution is -0.139. The molecule has 0 saturated heterocycles. The van der Waals surface area contributed by atoms with Gasteiger partial charge in [0.25, 0.3) is 0 Å². The van der Waals surface area contributed by atoms with Crippen LogP contribution in [0.5, 0.6) is 5.75 Å². The summed E-state index contributed by atoms with van der Waals surface area (Å²) in [5, 5.41) is 20.9. The Hall–Kier alpha value is -3.87. The molecule has 0 aliphatic rings. The van der Waals surface area contributed by atoms with Crippen molar-refractivity contribution < 1.29 is 27.8 Å². The second-order valence-corrected chi connectivity index (χ2v) is 8.20. The Balaban J connectivity index is 1.78. The van der Waals surface area contributed by atoms with E-state index in [1.807, 2.05) is 54.6 Å². The maximum Gasteiger partial charge on any atom is 0.420 e. The van der Waals surface area contributed by atoms with Crippen LogP contribution in [0.15, 0.2) is 66.7 Å². The molecular weight excluding hydrogens is 459 g/mol. The summed E-state index contributed by atoms with van der Waals surface area (Å²) in [7, 11) is 0. The van der Waals surface area contributed by atoms with Gasteiger partial charge >= 0.3 is 6.18 Å². The molecule has 6 nitrogen and oxygen atoms in total. The first-order valence-electron chi connectivity index (χ1n) is 10.7. The van der Waals surface area contributed by atoms with Gasteiger partial charge in [-0.1, -0.05) is 54.6 Å². The molecule has 3 rings (SSSR count). The van der Waals surface area contributed by atoms with E-state index in [0.29, 0.717) is 12.5 Å². The third-order valence-corrected chi connectivity index (χ3v) is 5.32. The van der Waals surface area contributed by atoms with Crippen LogP contribution >= 0.6 is 0 Å². The van der Waals surface area contributed by atoms with Crippen LogP contribution in [-0.2, 0) is 17.4 Å². The predicted molar refractivity (Wildman–Crippen MR) is 126 cm³/mol. The summed E-state index contributed by atoms with van der Waals surface area (Å²) in [6.07, 6.45) is -4.53. The number of amides is 1. The van der Waals surface area contributed by atoms with Crippen LogP contribution < -0.4 is 15.8 Å². The number of nitriles is 1. The number of rotatable bonds is 8. The third-order valence-electron chi connectivity index (χ3n) is 5.32. The molecular formula is C26H24F3N3O3. The highest BCUT2D eigenvalue weighted by Gasteiger charge is 2.37. The molecule has 0 aromatic heterocycles. The Kier molecular flexibility index (Phi) is 7.79. The fourth-order valence-corrected chi connectivity index (χ4v) is 3.26. The first kappa shape index (κ1) is 25.7. The van der Waals surface area contributed by atoms with Crippen LogP contribution in [0.25, 0.3) is 11.1 Å². The Morgan fingerprint density at radius 1 is 1.09 bits per heavy atom. The van der Waals surface area contributed by atoms with E-state index in [1.54, 1.807) is 6.07 Å². The van der Waals surface area contributed by atoms with Crippen LogP contribution in [0.3, 0.4) is 0 Å². The molecule has 0 aliphatic heterocycles. The van der Waals surface area contributed by atoms with Gasteiger partial charge in [0.05, 0.1) is 18.8 Å².